The van der Waals surface area contributed by atoms with Crippen molar-refractivity contribution >= 4 is 0 Å². The van der Waals surface area contributed by atoms with Gasteiger partial charge in [0.05, 0.1) is 0 Å². The fourth-order valence-corrected chi connectivity index (χ4v) is 5.45. The van der Waals surface area contributed by atoms with Crippen molar-refractivity contribution in [2.24, 2.45) is 27.6 Å². The Morgan fingerprint density at radius 1 is 0.842 bits per heavy atom. The molecule has 0 aromatic heterocycles. The van der Waals surface area contributed by atoms with Crippen molar-refractivity contribution in [3.05, 3.63) is 0 Å². The zero-order valence-electron chi connectivity index (χ0n) is 14.3. The van der Waals surface area contributed by atoms with Crippen molar-refractivity contribution in [1.82, 2.24) is 0 Å². The summed E-state index contributed by atoms with van der Waals surface area (Å²) in [6.45, 7) is 21.1. The first-order valence-electron chi connectivity index (χ1n) is 7.68. The molecule has 2 rings (SSSR count). The van der Waals surface area contributed by atoms with E-state index in [-0.39, 0.29) is 21.7 Å². The van der Waals surface area contributed by atoms with E-state index < -0.39 is 5.79 Å². The third-order valence-corrected chi connectivity index (χ3v) is 5.78. The van der Waals surface area contributed by atoms with Crippen LogP contribution in [0.15, 0.2) is 0 Å². The van der Waals surface area contributed by atoms with Crippen LogP contribution in [-0.4, -0.2) is 5.79 Å². The van der Waals surface area contributed by atoms with Crippen LogP contribution in [0.4, 0.5) is 0 Å². The molecule has 2 heteroatoms. The van der Waals surface area contributed by atoms with E-state index in [4.69, 9.17) is 9.78 Å². The van der Waals surface area contributed by atoms with Gasteiger partial charge in [-0.15, -0.1) is 0 Å². The van der Waals surface area contributed by atoms with Gasteiger partial charge >= 0.3 is 0 Å². The second-order valence-electron chi connectivity index (χ2n) is 9.59. The Morgan fingerprint density at radius 3 is 1.58 bits per heavy atom. The van der Waals surface area contributed by atoms with Crippen molar-refractivity contribution in [2.75, 3.05) is 0 Å². The lowest BCUT2D eigenvalue weighted by molar-refractivity contribution is -0.193. The maximum atomic E-state index is 5.77. The van der Waals surface area contributed by atoms with Crippen LogP contribution in [0, 0.1) is 27.6 Å². The minimum Gasteiger partial charge on any atom is -0.194 e. The van der Waals surface area contributed by atoms with Crippen LogP contribution in [0.1, 0.15) is 75.2 Å². The summed E-state index contributed by atoms with van der Waals surface area (Å²) in [7, 11) is 0. The molecular formula is C17H32O2. The maximum absolute atomic E-state index is 5.77. The molecule has 2 fully saturated rings. The van der Waals surface area contributed by atoms with Gasteiger partial charge in [-0.2, -0.15) is 9.78 Å². The van der Waals surface area contributed by atoms with E-state index in [1.54, 1.807) is 0 Å². The molecule has 112 valence electrons. The summed E-state index contributed by atoms with van der Waals surface area (Å²) in [5.41, 5.74) is 0.348. The lowest BCUT2D eigenvalue weighted by Crippen LogP contribution is -2.64. The van der Waals surface area contributed by atoms with Gasteiger partial charge in [0.2, 0.25) is 5.79 Å². The molecule has 0 aromatic carbocycles. The molecule has 1 aliphatic heterocycles. The maximum Gasteiger partial charge on any atom is 0.245 e. The van der Waals surface area contributed by atoms with E-state index >= 15 is 0 Å². The minimum atomic E-state index is -0.414. The minimum absolute atomic E-state index is 0.0220. The van der Waals surface area contributed by atoms with Crippen LogP contribution in [-0.2, 0) is 9.78 Å². The summed E-state index contributed by atoms with van der Waals surface area (Å²) in [6.07, 6.45) is 2.34. The van der Waals surface area contributed by atoms with Gasteiger partial charge in [0, 0.05) is 10.8 Å². The summed E-state index contributed by atoms with van der Waals surface area (Å²) < 4.78 is 0. The van der Waals surface area contributed by atoms with Crippen LogP contribution in [0.25, 0.3) is 0 Å². The standard InChI is InChI=1S/C17H32O2/c1-12-10-15(8,9)17(18-19-17)16(11-12,13(2,3)4)14(5,6)7/h12H,10-11H2,1-9H3. The summed E-state index contributed by atoms with van der Waals surface area (Å²) in [4.78, 5) is 11.5. The molecule has 1 heterocycles. The Hall–Kier alpha value is -0.0800. The van der Waals surface area contributed by atoms with Gasteiger partial charge in [-0.25, -0.2) is 0 Å². The number of rotatable bonds is 0. The molecule has 19 heavy (non-hydrogen) atoms. The van der Waals surface area contributed by atoms with Crippen molar-refractivity contribution in [3.8, 4) is 0 Å². The number of hydrogen-bond acceptors (Lipinski definition) is 2. The third-order valence-electron chi connectivity index (χ3n) is 5.78. The van der Waals surface area contributed by atoms with Crippen LogP contribution < -0.4 is 0 Å². The van der Waals surface area contributed by atoms with E-state index in [9.17, 15) is 0 Å². The summed E-state index contributed by atoms with van der Waals surface area (Å²) >= 11 is 0. The molecule has 0 aromatic rings. The van der Waals surface area contributed by atoms with Crippen molar-refractivity contribution < 1.29 is 9.78 Å². The first kappa shape index (κ1) is 15.3. The van der Waals surface area contributed by atoms with Crippen LogP contribution in [0.2, 0.25) is 0 Å². The molecule has 1 aliphatic carbocycles. The second-order valence-corrected chi connectivity index (χ2v) is 9.59. The van der Waals surface area contributed by atoms with Crippen LogP contribution in [0.3, 0.4) is 0 Å². The molecule has 2 nitrogen and oxygen atoms in total. The average Bonchev–Trinajstić information content (AvgIpc) is 2.87. The van der Waals surface area contributed by atoms with Gasteiger partial charge in [0.1, 0.15) is 0 Å². The third kappa shape index (κ3) is 1.75. The van der Waals surface area contributed by atoms with Gasteiger partial charge in [0.25, 0.3) is 0 Å². The highest BCUT2D eigenvalue weighted by Crippen LogP contribution is 2.75. The summed E-state index contributed by atoms with van der Waals surface area (Å²) in [5, 5.41) is 0. The fourth-order valence-electron chi connectivity index (χ4n) is 5.45. The van der Waals surface area contributed by atoms with Crippen molar-refractivity contribution in [2.45, 2.75) is 80.9 Å². The lowest BCUT2D eigenvalue weighted by Gasteiger charge is -2.62. The molecule has 2 aliphatic rings. The summed E-state index contributed by atoms with van der Waals surface area (Å²) in [6, 6.07) is 0. The molecule has 0 radical (unpaired) electrons. The van der Waals surface area contributed by atoms with E-state index in [2.05, 4.69) is 62.3 Å². The van der Waals surface area contributed by atoms with Gasteiger partial charge in [-0.3, -0.25) is 0 Å². The molecular weight excluding hydrogens is 236 g/mol. The first-order chi connectivity index (χ1) is 8.31. The normalized spacial score (nSPS) is 32.4. The van der Waals surface area contributed by atoms with Crippen LogP contribution >= 0.6 is 0 Å². The van der Waals surface area contributed by atoms with Gasteiger partial charge in [-0.1, -0.05) is 62.3 Å². The van der Waals surface area contributed by atoms with Gasteiger partial charge in [-0.05, 0) is 29.6 Å². The predicted molar refractivity (Wildman–Crippen MR) is 78.4 cm³/mol. The highest BCUT2D eigenvalue weighted by Gasteiger charge is 2.80. The molecule has 0 amide bonds. The quantitative estimate of drug-likeness (QED) is 0.447. The SMILES string of the molecule is CC1CC(C)(C)C2(OO2)C(C(C)(C)C)(C(C)(C)C)C1. The highest BCUT2D eigenvalue weighted by atomic mass is 17.4. The Bertz CT molecular complexity index is 350. The van der Waals surface area contributed by atoms with Crippen molar-refractivity contribution in [1.29, 1.82) is 0 Å². The average molecular weight is 268 g/mol. The van der Waals surface area contributed by atoms with Gasteiger partial charge in [0.15, 0.2) is 0 Å². The second kappa shape index (κ2) is 3.76. The molecule has 1 saturated heterocycles. The smallest absolute Gasteiger partial charge is 0.194 e. The predicted octanol–water partition coefficient (Wildman–Crippen LogP) is 5.18. The van der Waals surface area contributed by atoms with E-state index in [1.807, 2.05) is 0 Å². The molecule has 1 saturated carbocycles. The Balaban J connectivity index is 2.65. The van der Waals surface area contributed by atoms with Crippen molar-refractivity contribution in [3.63, 3.8) is 0 Å². The highest BCUT2D eigenvalue weighted by molar-refractivity contribution is 5.17. The first-order valence-corrected chi connectivity index (χ1v) is 7.68. The topological polar surface area (TPSA) is 25.1 Å². The molecule has 1 spiro atoms. The Labute approximate surface area is 119 Å². The monoisotopic (exact) mass is 268 g/mol. The van der Waals surface area contributed by atoms with Crippen LogP contribution in [0.5, 0.6) is 0 Å². The molecule has 0 bridgehead atoms. The number of hydrogen-bond donors (Lipinski definition) is 0. The fraction of sp³-hybridized carbons (Fsp3) is 1.00. The summed E-state index contributed by atoms with van der Waals surface area (Å²) in [5.74, 6) is 0.287. The largest absolute Gasteiger partial charge is 0.245 e. The zero-order chi connectivity index (χ0) is 14.9. The zero-order valence-corrected chi connectivity index (χ0v) is 14.3. The Kier molecular flexibility index (Phi) is 3.03. The van der Waals surface area contributed by atoms with E-state index in [0.717, 1.165) is 0 Å². The molecule has 0 N–H and O–H groups in total. The molecule has 1 atom stereocenters. The van der Waals surface area contributed by atoms with E-state index in [1.165, 1.54) is 12.8 Å². The molecule has 1 unspecified atom stereocenters. The van der Waals surface area contributed by atoms with Gasteiger partial charge < -0.3 is 0 Å². The van der Waals surface area contributed by atoms with E-state index in [0.29, 0.717) is 5.92 Å². The Morgan fingerprint density at radius 2 is 1.26 bits per heavy atom. The lowest BCUT2D eigenvalue weighted by atomic mass is 9.41.